The van der Waals surface area contributed by atoms with Gasteiger partial charge in [0, 0.05) is 41.0 Å². The minimum atomic E-state index is 0.484. The lowest BCUT2D eigenvalue weighted by molar-refractivity contribution is 0.487. The summed E-state index contributed by atoms with van der Waals surface area (Å²) in [4.78, 5) is 4.42. The van der Waals surface area contributed by atoms with E-state index in [0.717, 1.165) is 24.0 Å². The highest BCUT2D eigenvalue weighted by atomic mass is 32.2. The van der Waals surface area contributed by atoms with E-state index in [4.69, 9.17) is 0 Å². The highest BCUT2D eigenvalue weighted by Crippen LogP contribution is 2.35. The molecule has 0 aliphatic carbocycles. The quantitative estimate of drug-likeness (QED) is 0.871. The first-order valence-corrected chi connectivity index (χ1v) is 9.17. The Morgan fingerprint density at radius 3 is 2.89 bits per heavy atom. The van der Waals surface area contributed by atoms with Crippen molar-refractivity contribution in [2.75, 3.05) is 18.6 Å². The first kappa shape index (κ1) is 15.2. The number of thioether (sulfide) groups is 2. The Labute approximate surface area is 124 Å². The van der Waals surface area contributed by atoms with Gasteiger partial charge in [-0.2, -0.15) is 28.6 Å². The van der Waals surface area contributed by atoms with Crippen molar-refractivity contribution in [1.29, 1.82) is 0 Å². The van der Waals surface area contributed by atoms with Gasteiger partial charge < -0.3 is 5.32 Å². The molecule has 6 heteroatoms. The monoisotopic (exact) mass is 300 g/mol. The van der Waals surface area contributed by atoms with E-state index in [0.29, 0.717) is 11.3 Å². The molecule has 3 unspecified atom stereocenters. The van der Waals surface area contributed by atoms with Gasteiger partial charge in [0.15, 0.2) is 0 Å². The van der Waals surface area contributed by atoms with E-state index in [9.17, 15) is 0 Å². The highest BCUT2D eigenvalue weighted by molar-refractivity contribution is 8.07. The molecule has 1 aromatic heterocycles. The molecule has 19 heavy (non-hydrogen) atoms. The second kappa shape index (κ2) is 7.55. The molecule has 1 N–H and O–H groups in total. The molecule has 0 amide bonds. The summed E-state index contributed by atoms with van der Waals surface area (Å²) in [6, 6.07) is 0.484. The molecule has 1 fully saturated rings. The Balaban J connectivity index is 2.06. The summed E-state index contributed by atoms with van der Waals surface area (Å²) in [5, 5.41) is 9.22. The lowest BCUT2D eigenvalue weighted by Crippen LogP contribution is -2.45. The van der Waals surface area contributed by atoms with E-state index < -0.39 is 0 Å². The normalized spacial score (nSPS) is 25.4. The third-order valence-electron chi connectivity index (χ3n) is 3.66. The van der Waals surface area contributed by atoms with Crippen LogP contribution in [0.25, 0.3) is 0 Å². The first-order chi connectivity index (χ1) is 9.30. The molecule has 4 nitrogen and oxygen atoms in total. The summed E-state index contributed by atoms with van der Waals surface area (Å²) in [5.41, 5.74) is 0. The van der Waals surface area contributed by atoms with Crippen LogP contribution in [0.15, 0.2) is 6.33 Å². The number of rotatable bonds is 6. The van der Waals surface area contributed by atoms with E-state index >= 15 is 0 Å². The number of nitrogens with one attached hydrogen (secondary N) is 1. The molecule has 3 atom stereocenters. The first-order valence-electron chi connectivity index (χ1n) is 7.07. The smallest absolute Gasteiger partial charge is 0.138 e. The van der Waals surface area contributed by atoms with Crippen LogP contribution >= 0.6 is 23.5 Å². The van der Waals surface area contributed by atoms with Crippen molar-refractivity contribution in [3.05, 3.63) is 12.2 Å². The molecule has 0 bridgehead atoms. The zero-order valence-corrected chi connectivity index (χ0v) is 13.6. The highest BCUT2D eigenvalue weighted by Gasteiger charge is 2.32. The third kappa shape index (κ3) is 3.67. The maximum atomic E-state index is 4.42. The average Bonchev–Trinajstić information content (AvgIpc) is 2.92. The average molecular weight is 300 g/mol. The van der Waals surface area contributed by atoms with E-state index in [1.807, 2.05) is 4.68 Å². The Hall–Kier alpha value is -0.200. The summed E-state index contributed by atoms with van der Waals surface area (Å²) >= 11 is 4.26. The van der Waals surface area contributed by atoms with Crippen LogP contribution in [0, 0.1) is 0 Å². The Bertz CT molecular complexity index is 382. The summed E-state index contributed by atoms with van der Waals surface area (Å²) in [6.45, 7) is 5.32. The number of hydrogen-bond acceptors (Lipinski definition) is 5. The molecule has 1 aliphatic heterocycles. The van der Waals surface area contributed by atoms with Crippen molar-refractivity contribution in [1.82, 2.24) is 20.1 Å². The third-order valence-corrected chi connectivity index (χ3v) is 7.07. The van der Waals surface area contributed by atoms with Gasteiger partial charge in [-0.3, -0.25) is 4.68 Å². The zero-order valence-electron chi connectivity index (χ0n) is 12.0. The van der Waals surface area contributed by atoms with Crippen LogP contribution in [-0.4, -0.2) is 49.9 Å². The van der Waals surface area contributed by atoms with Gasteiger partial charge >= 0.3 is 0 Å². The fourth-order valence-corrected chi connectivity index (χ4v) is 5.90. The standard InChI is InChI=1S/C13H24N4S2/c1-4-11-13(19-7-6-18-11)10(14-3)8-12-15-9-16-17(12)5-2/h9-11,13-14H,4-8H2,1-3H3. The fourth-order valence-electron chi connectivity index (χ4n) is 2.60. The number of nitrogens with zero attached hydrogens (tertiary/aromatic N) is 3. The van der Waals surface area contributed by atoms with Crippen molar-refractivity contribution in [2.24, 2.45) is 0 Å². The molecule has 1 aliphatic rings. The van der Waals surface area contributed by atoms with Gasteiger partial charge in [0.05, 0.1) is 0 Å². The summed E-state index contributed by atoms with van der Waals surface area (Å²) < 4.78 is 2.01. The molecule has 1 saturated heterocycles. The second-order valence-corrected chi connectivity index (χ2v) is 7.38. The molecule has 0 saturated carbocycles. The van der Waals surface area contributed by atoms with Crippen LogP contribution in [0.1, 0.15) is 26.1 Å². The van der Waals surface area contributed by atoms with Crippen molar-refractivity contribution < 1.29 is 0 Å². The van der Waals surface area contributed by atoms with Gasteiger partial charge in [-0.25, -0.2) is 4.98 Å². The lowest BCUT2D eigenvalue weighted by Gasteiger charge is -2.35. The molecular weight excluding hydrogens is 276 g/mol. The molecule has 0 aromatic carbocycles. The van der Waals surface area contributed by atoms with Crippen LogP contribution in [0.3, 0.4) is 0 Å². The zero-order chi connectivity index (χ0) is 13.7. The molecule has 0 radical (unpaired) electrons. The van der Waals surface area contributed by atoms with E-state index in [1.54, 1.807) is 6.33 Å². The van der Waals surface area contributed by atoms with Gasteiger partial charge in [0.25, 0.3) is 0 Å². The van der Waals surface area contributed by atoms with Crippen molar-refractivity contribution in [3.63, 3.8) is 0 Å². The predicted molar refractivity (Wildman–Crippen MR) is 85.0 cm³/mol. The van der Waals surface area contributed by atoms with Crippen molar-refractivity contribution in [2.45, 2.75) is 49.8 Å². The van der Waals surface area contributed by atoms with Gasteiger partial charge in [-0.15, -0.1) is 0 Å². The van der Waals surface area contributed by atoms with Gasteiger partial charge in [0.2, 0.25) is 0 Å². The predicted octanol–water partition coefficient (Wildman–Crippen LogP) is 2.06. The molecule has 2 heterocycles. The van der Waals surface area contributed by atoms with Gasteiger partial charge in [-0.1, -0.05) is 6.92 Å². The number of aryl methyl sites for hydroxylation is 1. The van der Waals surface area contributed by atoms with E-state index in [2.05, 4.69) is 59.8 Å². The van der Waals surface area contributed by atoms with Crippen molar-refractivity contribution in [3.8, 4) is 0 Å². The maximum absolute atomic E-state index is 4.42. The summed E-state index contributed by atoms with van der Waals surface area (Å²) in [6.07, 6.45) is 3.89. The van der Waals surface area contributed by atoms with E-state index in [1.165, 1.54) is 17.9 Å². The maximum Gasteiger partial charge on any atom is 0.138 e. The van der Waals surface area contributed by atoms with Crippen LogP contribution < -0.4 is 5.32 Å². The minimum absolute atomic E-state index is 0.484. The number of likely N-dealkylation sites (N-methyl/N-ethyl adjacent to an activating group) is 1. The van der Waals surface area contributed by atoms with Crippen molar-refractivity contribution >= 4 is 23.5 Å². The lowest BCUT2D eigenvalue weighted by atomic mass is 10.1. The van der Waals surface area contributed by atoms with Gasteiger partial charge in [-0.05, 0) is 20.4 Å². The summed E-state index contributed by atoms with van der Waals surface area (Å²) in [5.74, 6) is 3.67. The molecule has 2 rings (SSSR count). The largest absolute Gasteiger partial charge is 0.315 e. The topological polar surface area (TPSA) is 42.7 Å². The van der Waals surface area contributed by atoms with Crippen LogP contribution in [0.4, 0.5) is 0 Å². The van der Waals surface area contributed by atoms with Crippen LogP contribution in [0.5, 0.6) is 0 Å². The van der Waals surface area contributed by atoms with E-state index in [-0.39, 0.29) is 0 Å². The fraction of sp³-hybridized carbons (Fsp3) is 0.846. The Morgan fingerprint density at radius 1 is 1.42 bits per heavy atom. The second-order valence-electron chi connectivity index (χ2n) is 4.74. The molecular formula is C13H24N4S2. The number of hydrogen-bond donors (Lipinski definition) is 1. The minimum Gasteiger partial charge on any atom is -0.315 e. The van der Waals surface area contributed by atoms with Gasteiger partial charge in [0.1, 0.15) is 12.2 Å². The SMILES string of the molecule is CCC1SCCSC1C(Cc1ncnn1CC)NC. The number of aromatic nitrogens is 3. The molecule has 0 spiro atoms. The summed E-state index contributed by atoms with van der Waals surface area (Å²) in [7, 11) is 2.07. The molecule has 1 aromatic rings. The molecule has 108 valence electrons. The Morgan fingerprint density at radius 2 is 2.21 bits per heavy atom. The van der Waals surface area contributed by atoms with Crippen LogP contribution in [0.2, 0.25) is 0 Å². The van der Waals surface area contributed by atoms with Crippen LogP contribution in [-0.2, 0) is 13.0 Å². The Kier molecular flexibility index (Phi) is 6.04.